The maximum absolute atomic E-state index is 10.8. The molecule has 10 heavy (non-hydrogen) atoms. The van der Waals surface area contributed by atoms with Gasteiger partial charge >= 0.3 is 0 Å². The molecule has 0 fully saturated rings. The van der Waals surface area contributed by atoms with Gasteiger partial charge in [-0.05, 0) is 12.1 Å². The molecular formula is C7H7N2O. The first-order valence-corrected chi connectivity index (χ1v) is 2.89. The monoisotopic (exact) mass is 135 g/mol. The van der Waals surface area contributed by atoms with E-state index in [4.69, 9.17) is 0 Å². The van der Waals surface area contributed by atoms with Crippen molar-refractivity contribution in [2.75, 3.05) is 7.05 Å². The third kappa shape index (κ3) is 1.31. The fourth-order valence-electron chi connectivity index (χ4n) is 0.618. The molecule has 0 N–H and O–H groups in total. The lowest BCUT2D eigenvalue weighted by Crippen LogP contribution is -2.10. The number of hydrogen-bond acceptors (Lipinski definition) is 2. The summed E-state index contributed by atoms with van der Waals surface area (Å²) in [6.45, 7) is 0. The second-order valence-corrected chi connectivity index (χ2v) is 1.77. The average Bonchev–Trinajstić information content (AvgIpc) is 2.05. The molecule has 1 heterocycles. The van der Waals surface area contributed by atoms with E-state index in [1.165, 1.54) is 13.2 Å². The van der Waals surface area contributed by atoms with E-state index in [1.54, 1.807) is 18.3 Å². The summed E-state index contributed by atoms with van der Waals surface area (Å²) < 4.78 is 0. The number of carbonyl (C=O) groups excluding carboxylic acids is 1. The second kappa shape index (κ2) is 2.96. The van der Waals surface area contributed by atoms with Crippen molar-refractivity contribution in [2.45, 2.75) is 0 Å². The first-order valence-electron chi connectivity index (χ1n) is 2.89. The van der Waals surface area contributed by atoms with Crippen LogP contribution in [0.3, 0.4) is 0 Å². The Morgan fingerprint density at radius 2 is 2.50 bits per heavy atom. The van der Waals surface area contributed by atoms with Crippen LogP contribution in [0.5, 0.6) is 0 Å². The Morgan fingerprint density at radius 1 is 1.70 bits per heavy atom. The van der Waals surface area contributed by atoms with Crippen LogP contribution in [0.4, 0.5) is 0 Å². The van der Waals surface area contributed by atoms with E-state index in [2.05, 4.69) is 10.3 Å². The highest BCUT2D eigenvalue weighted by atomic mass is 16.1. The highest BCUT2D eigenvalue weighted by Crippen LogP contribution is 1.93. The standard InChI is InChI=1S/C7H7N2O/c1-8-7(10)6-3-2-4-9-5-6/h2-5H,1H3. The fourth-order valence-corrected chi connectivity index (χ4v) is 0.618. The molecule has 0 spiro atoms. The van der Waals surface area contributed by atoms with Crippen LogP contribution < -0.4 is 5.32 Å². The van der Waals surface area contributed by atoms with Crippen molar-refractivity contribution < 1.29 is 4.79 Å². The maximum atomic E-state index is 10.8. The molecular weight excluding hydrogens is 128 g/mol. The van der Waals surface area contributed by atoms with Gasteiger partial charge in [0.15, 0.2) is 0 Å². The molecule has 1 radical (unpaired) electrons. The van der Waals surface area contributed by atoms with Gasteiger partial charge in [-0.25, -0.2) is 0 Å². The number of hydrogen-bond donors (Lipinski definition) is 0. The minimum absolute atomic E-state index is 0.229. The molecule has 0 saturated carbocycles. The minimum Gasteiger partial charge on any atom is -0.267 e. The van der Waals surface area contributed by atoms with E-state index < -0.39 is 0 Å². The summed E-state index contributed by atoms with van der Waals surface area (Å²) >= 11 is 0. The molecule has 0 bridgehead atoms. The molecule has 0 unspecified atom stereocenters. The largest absolute Gasteiger partial charge is 0.273 e. The molecule has 0 aliphatic carbocycles. The van der Waals surface area contributed by atoms with Gasteiger partial charge in [0.2, 0.25) is 0 Å². The Labute approximate surface area is 59.1 Å². The van der Waals surface area contributed by atoms with Gasteiger partial charge in [-0.15, -0.1) is 0 Å². The van der Waals surface area contributed by atoms with Crippen molar-refractivity contribution in [1.29, 1.82) is 0 Å². The number of pyridine rings is 1. The minimum atomic E-state index is -0.229. The van der Waals surface area contributed by atoms with Crippen molar-refractivity contribution in [1.82, 2.24) is 10.3 Å². The van der Waals surface area contributed by atoms with Crippen LogP contribution in [-0.2, 0) is 0 Å². The van der Waals surface area contributed by atoms with Gasteiger partial charge in [0.05, 0.1) is 5.56 Å². The first kappa shape index (κ1) is 6.74. The van der Waals surface area contributed by atoms with Crippen molar-refractivity contribution in [3.8, 4) is 0 Å². The van der Waals surface area contributed by atoms with E-state index in [1.807, 2.05) is 0 Å². The predicted molar refractivity (Wildman–Crippen MR) is 36.6 cm³/mol. The predicted octanol–water partition coefficient (Wildman–Crippen LogP) is 0.456. The molecule has 1 rings (SSSR count). The molecule has 0 saturated heterocycles. The normalized spacial score (nSPS) is 8.90. The van der Waals surface area contributed by atoms with Gasteiger partial charge < -0.3 is 0 Å². The Hall–Kier alpha value is -1.38. The molecule has 0 aliphatic heterocycles. The zero-order valence-corrected chi connectivity index (χ0v) is 5.61. The van der Waals surface area contributed by atoms with Crippen LogP contribution in [0.25, 0.3) is 0 Å². The van der Waals surface area contributed by atoms with Gasteiger partial charge in [0.25, 0.3) is 5.91 Å². The van der Waals surface area contributed by atoms with Gasteiger partial charge in [-0.3, -0.25) is 15.1 Å². The summed E-state index contributed by atoms with van der Waals surface area (Å²) in [5, 5.41) is 3.48. The van der Waals surface area contributed by atoms with E-state index in [9.17, 15) is 4.79 Å². The van der Waals surface area contributed by atoms with Crippen molar-refractivity contribution in [3.05, 3.63) is 30.1 Å². The Bertz CT molecular complexity index is 220. The topological polar surface area (TPSA) is 44.1 Å². The lowest BCUT2D eigenvalue weighted by atomic mass is 10.3. The maximum Gasteiger partial charge on any atom is 0.273 e. The molecule has 3 nitrogen and oxygen atoms in total. The van der Waals surface area contributed by atoms with E-state index in [0.717, 1.165) is 0 Å². The zero-order chi connectivity index (χ0) is 7.40. The quantitative estimate of drug-likeness (QED) is 0.561. The molecule has 1 aromatic rings. The van der Waals surface area contributed by atoms with Crippen LogP contribution in [-0.4, -0.2) is 17.9 Å². The number of nitrogens with zero attached hydrogens (tertiary/aromatic N) is 2. The van der Waals surface area contributed by atoms with Crippen LogP contribution in [0, 0.1) is 0 Å². The van der Waals surface area contributed by atoms with Crippen molar-refractivity contribution in [2.24, 2.45) is 0 Å². The lowest BCUT2D eigenvalue weighted by molar-refractivity contribution is 0.0958. The second-order valence-electron chi connectivity index (χ2n) is 1.77. The van der Waals surface area contributed by atoms with E-state index in [0.29, 0.717) is 5.56 Å². The molecule has 0 atom stereocenters. The van der Waals surface area contributed by atoms with Crippen LogP contribution in [0.15, 0.2) is 24.5 Å². The van der Waals surface area contributed by atoms with Crippen LogP contribution >= 0.6 is 0 Å². The summed E-state index contributed by atoms with van der Waals surface area (Å²) in [5.74, 6) is -0.229. The third-order valence-corrected chi connectivity index (χ3v) is 1.11. The zero-order valence-electron chi connectivity index (χ0n) is 5.61. The van der Waals surface area contributed by atoms with Gasteiger partial charge in [0.1, 0.15) is 0 Å². The smallest absolute Gasteiger partial charge is 0.267 e. The molecule has 1 aromatic heterocycles. The number of carbonyl (C=O) groups is 1. The van der Waals surface area contributed by atoms with Crippen LogP contribution in [0.2, 0.25) is 0 Å². The average molecular weight is 135 g/mol. The highest BCUT2D eigenvalue weighted by Gasteiger charge is 2.00. The van der Waals surface area contributed by atoms with Crippen molar-refractivity contribution in [3.63, 3.8) is 0 Å². The van der Waals surface area contributed by atoms with E-state index >= 15 is 0 Å². The SMILES string of the molecule is C[N]C(=O)c1cccnc1. The summed E-state index contributed by atoms with van der Waals surface area (Å²) in [6.07, 6.45) is 3.11. The number of amides is 1. The molecule has 1 amide bonds. The highest BCUT2D eigenvalue weighted by molar-refractivity contribution is 5.93. The fraction of sp³-hybridized carbons (Fsp3) is 0.143. The number of aromatic nitrogens is 1. The molecule has 0 aromatic carbocycles. The van der Waals surface area contributed by atoms with Gasteiger partial charge in [0, 0.05) is 19.4 Å². The molecule has 0 aliphatic rings. The van der Waals surface area contributed by atoms with Gasteiger partial charge in [-0.2, -0.15) is 0 Å². The van der Waals surface area contributed by atoms with Gasteiger partial charge in [-0.1, -0.05) is 0 Å². The third-order valence-electron chi connectivity index (χ3n) is 1.11. The first-order chi connectivity index (χ1) is 4.84. The Balaban J connectivity index is 2.85. The number of rotatable bonds is 1. The summed E-state index contributed by atoms with van der Waals surface area (Å²) in [4.78, 5) is 14.6. The molecule has 3 heteroatoms. The summed E-state index contributed by atoms with van der Waals surface area (Å²) in [5.41, 5.74) is 0.532. The lowest BCUT2D eigenvalue weighted by Gasteiger charge is -1.92. The van der Waals surface area contributed by atoms with Crippen LogP contribution in [0.1, 0.15) is 10.4 Å². The Morgan fingerprint density at radius 3 is 3.00 bits per heavy atom. The molecule has 51 valence electrons. The summed E-state index contributed by atoms with van der Waals surface area (Å²) in [6, 6.07) is 3.39. The van der Waals surface area contributed by atoms with Crippen molar-refractivity contribution >= 4 is 5.91 Å². The summed E-state index contributed by atoms with van der Waals surface area (Å²) in [7, 11) is 1.47. The van der Waals surface area contributed by atoms with E-state index in [-0.39, 0.29) is 5.91 Å². The Kier molecular flexibility index (Phi) is 1.99.